The van der Waals surface area contributed by atoms with E-state index < -0.39 is 17.7 Å². The highest BCUT2D eigenvalue weighted by Crippen LogP contribution is 2.37. The van der Waals surface area contributed by atoms with E-state index in [4.69, 9.17) is 9.90 Å². The van der Waals surface area contributed by atoms with Crippen LogP contribution in [0.1, 0.15) is 53.1 Å². The number of aromatic carboxylic acids is 1. The van der Waals surface area contributed by atoms with E-state index in [0.29, 0.717) is 11.5 Å². The van der Waals surface area contributed by atoms with Crippen molar-refractivity contribution in [3.8, 4) is 22.3 Å². The van der Waals surface area contributed by atoms with Gasteiger partial charge in [0.05, 0.1) is 11.1 Å². The van der Waals surface area contributed by atoms with Gasteiger partial charge in [-0.1, -0.05) is 61.4 Å². The first-order valence-electron chi connectivity index (χ1n) is 11.9. The monoisotopic (exact) mass is 506 g/mol. The van der Waals surface area contributed by atoms with Crippen molar-refractivity contribution < 1.29 is 33.0 Å². The molecule has 0 bridgehead atoms. The molecule has 0 amide bonds. The molecule has 0 unspecified atom stereocenters. The fourth-order valence-electron chi connectivity index (χ4n) is 4.96. The van der Waals surface area contributed by atoms with Crippen LogP contribution in [-0.4, -0.2) is 22.7 Å². The van der Waals surface area contributed by atoms with Gasteiger partial charge in [-0.15, -0.1) is 0 Å². The lowest BCUT2D eigenvalue weighted by molar-refractivity contribution is -0.137. The maximum Gasteiger partial charge on any atom is 0.416 e. The number of carboxylic acids is 1. The van der Waals surface area contributed by atoms with E-state index in [1.165, 1.54) is 43.4 Å². The molecule has 190 valence electrons. The summed E-state index contributed by atoms with van der Waals surface area (Å²) in [5.74, 6) is -0.423. The van der Waals surface area contributed by atoms with Gasteiger partial charge in [-0.05, 0) is 87.7 Å². The van der Waals surface area contributed by atoms with Crippen LogP contribution in [0.25, 0.3) is 33.0 Å². The molecule has 0 saturated heterocycles. The molecular formula is C30H25F3O4. The van der Waals surface area contributed by atoms with Crippen LogP contribution in [0.15, 0.2) is 78.9 Å². The summed E-state index contributed by atoms with van der Waals surface area (Å²) < 4.78 is 38.7. The van der Waals surface area contributed by atoms with Gasteiger partial charge in [0.2, 0.25) is 0 Å². The van der Waals surface area contributed by atoms with Crippen molar-refractivity contribution in [3.63, 3.8) is 0 Å². The number of halogens is 3. The van der Waals surface area contributed by atoms with Gasteiger partial charge in [0, 0.05) is 0 Å². The van der Waals surface area contributed by atoms with Gasteiger partial charge in [-0.3, -0.25) is 4.79 Å². The molecule has 1 aliphatic rings. The molecule has 5 rings (SSSR count). The standard InChI is InChI=1S/C29H23F3O2.CH2O2/c30-29(31,32)25-12-9-20(10-13-25)22-11-14-26-23(15-22)16-24(28(33)34)17-27(26)21-7-5-19(6-8-21)18-3-1-2-4-18;2-1-3/h5-18H,1-4H2,(H,33,34);1H,(H,2,3). The summed E-state index contributed by atoms with van der Waals surface area (Å²) in [7, 11) is 0. The molecule has 0 radical (unpaired) electrons. The average molecular weight is 507 g/mol. The highest BCUT2D eigenvalue weighted by atomic mass is 19.4. The highest BCUT2D eigenvalue weighted by Gasteiger charge is 2.30. The highest BCUT2D eigenvalue weighted by molar-refractivity contribution is 6.04. The topological polar surface area (TPSA) is 74.6 Å². The molecule has 0 atom stereocenters. The number of hydrogen-bond acceptors (Lipinski definition) is 2. The molecule has 0 heterocycles. The van der Waals surface area contributed by atoms with Crippen LogP contribution in [0.5, 0.6) is 0 Å². The molecule has 2 N–H and O–H groups in total. The van der Waals surface area contributed by atoms with Gasteiger partial charge < -0.3 is 10.2 Å². The van der Waals surface area contributed by atoms with Gasteiger partial charge in [-0.25, -0.2) is 4.79 Å². The SMILES string of the molecule is O=C(O)c1cc(-c2ccc(C3CCCC3)cc2)c2ccc(-c3ccc(C(F)(F)F)cc3)cc2c1.O=CO. The lowest BCUT2D eigenvalue weighted by Gasteiger charge is -2.14. The first-order chi connectivity index (χ1) is 17.7. The third-order valence-corrected chi connectivity index (χ3v) is 6.79. The minimum absolute atomic E-state index is 0.173. The van der Waals surface area contributed by atoms with Gasteiger partial charge in [0.1, 0.15) is 0 Å². The fraction of sp³-hybridized carbons (Fsp3) is 0.200. The van der Waals surface area contributed by atoms with Crippen molar-refractivity contribution in [2.45, 2.75) is 37.8 Å². The second-order valence-electron chi connectivity index (χ2n) is 9.05. The Morgan fingerprint density at radius 1 is 0.811 bits per heavy atom. The summed E-state index contributed by atoms with van der Waals surface area (Å²) >= 11 is 0. The van der Waals surface area contributed by atoms with Crippen LogP contribution in [0.3, 0.4) is 0 Å². The Hall–Kier alpha value is -4.13. The Morgan fingerprint density at radius 2 is 1.38 bits per heavy atom. The molecule has 1 fully saturated rings. The minimum atomic E-state index is -4.39. The van der Waals surface area contributed by atoms with Crippen molar-refractivity contribution in [2.75, 3.05) is 0 Å². The molecule has 1 aliphatic carbocycles. The third kappa shape index (κ3) is 5.82. The summed E-state index contributed by atoms with van der Waals surface area (Å²) in [5.41, 5.74) is 3.93. The van der Waals surface area contributed by atoms with Gasteiger partial charge in [-0.2, -0.15) is 13.2 Å². The molecule has 4 nitrogen and oxygen atoms in total. The number of carbonyl (C=O) groups is 2. The number of carboxylic acid groups (broad SMARTS) is 2. The average Bonchev–Trinajstić information content (AvgIpc) is 3.43. The Labute approximate surface area is 212 Å². The van der Waals surface area contributed by atoms with Crippen molar-refractivity contribution in [3.05, 3.63) is 95.6 Å². The van der Waals surface area contributed by atoms with E-state index in [9.17, 15) is 23.1 Å². The third-order valence-electron chi connectivity index (χ3n) is 6.79. The van der Waals surface area contributed by atoms with Crippen LogP contribution in [0.2, 0.25) is 0 Å². The van der Waals surface area contributed by atoms with Crippen LogP contribution >= 0.6 is 0 Å². The number of hydrogen-bond donors (Lipinski definition) is 2. The number of fused-ring (bicyclic) bond motifs is 1. The Balaban J connectivity index is 0.00000102. The van der Waals surface area contributed by atoms with E-state index >= 15 is 0 Å². The van der Waals surface area contributed by atoms with Crippen molar-refractivity contribution in [2.24, 2.45) is 0 Å². The van der Waals surface area contributed by atoms with Crippen LogP contribution < -0.4 is 0 Å². The molecular weight excluding hydrogens is 481 g/mol. The molecule has 0 spiro atoms. The van der Waals surface area contributed by atoms with Gasteiger partial charge >= 0.3 is 12.1 Å². The first kappa shape index (κ1) is 25.9. The molecule has 37 heavy (non-hydrogen) atoms. The summed E-state index contributed by atoms with van der Waals surface area (Å²) in [5, 5.41) is 18.2. The summed E-state index contributed by atoms with van der Waals surface area (Å²) in [6.45, 7) is -0.250. The number of benzene rings is 4. The van der Waals surface area contributed by atoms with Crippen LogP contribution in [0, 0.1) is 0 Å². The quantitative estimate of drug-likeness (QED) is 0.273. The summed E-state index contributed by atoms with van der Waals surface area (Å²) in [6, 6.07) is 22.3. The second kappa shape index (κ2) is 10.9. The van der Waals surface area contributed by atoms with E-state index in [-0.39, 0.29) is 12.0 Å². The second-order valence-corrected chi connectivity index (χ2v) is 9.05. The molecule has 4 aromatic rings. The van der Waals surface area contributed by atoms with E-state index in [1.807, 2.05) is 18.2 Å². The molecule has 0 aliphatic heterocycles. The van der Waals surface area contributed by atoms with Crippen molar-refractivity contribution in [1.82, 2.24) is 0 Å². The van der Waals surface area contributed by atoms with Crippen molar-refractivity contribution >= 4 is 23.2 Å². The zero-order valence-corrected chi connectivity index (χ0v) is 19.8. The van der Waals surface area contributed by atoms with Crippen LogP contribution in [-0.2, 0) is 11.0 Å². The van der Waals surface area contributed by atoms with E-state index in [2.05, 4.69) is 24.3 Å². The summed E-state index contributed by atoms with van der Waals surface area (Å²) in [6.07, 6.45) is 0.561. The van der Waals surface area contributed by atoms with E-state index in [1.54, 1.807) is 12.1 Å². The van der Waals surface area contributed by atoms with Gasteiger partial charge in [0.15, 0.2) is 0 Å². The fourth-order valence-corrected chi connectivity index (χ4v) is 4.96. The predicted molar refractivity (Wildman–Crippen MR) is 137 cm³/mol. The Kier molecular flexibility index (Phi) is 7.62. The molecule has 4 aromatic carbocycles. The first-order valence-corrected chi connectivity index (χ1v) is 11.9. The maximum absolute atomic E-state index is 12.9. The minimum Gasteiger partial charge on any atom is -0.483 e. The number of rotatable bonds is 4. The molecule has 7 heteroatoms. The predicted octanol–water partition coefficient (Wildman–Crippen LogP) is 8.25. The smallest absolute Gasteiger partial charge is 0.416 e. The van der Waals surface area contributed by atoms with Crippen LogP contribution in [0.4, 0.5) is 13.2 Å². The zero-order chi connectivity index (χ0) is 26.6. The van der Waals surface area contributed by atoms with Gasteiger partial charge in [0.25, 0.3) is 6.47 Å². The van der Waals surface area contributed by atoms with Crippen molar-refractivity contribution in [1.29, 1.82) is 0 Å². The molecule has 0 aromatic heterocycles. The van der Waals surface area contributed by atoms with E-state index in [0.717, 1.165) is 39.6 Å². The molecule has 1 saturated carbocycles. The lowest BCUT2D eigenvalue weighted by Crippen LogP contribution is -2.03. The Bertz CT molecular complexity index is 1400. The maximum atomic E-state index is 12.9. The summed E-state index contributed by atoms with van der Waals surface area (Å²) in [4.78, 5) is 20.2. The number of alkyl halides is 3. The lowest BCUT2D eigenvalue weighted by atomic mass is 9.91. The normalized spacial score (nSPS) is 13.7. The zero-order valence-electron chi connectivity index (χ0n) is 19.8. The Morgan fingerprint density at radius 3 is 1.95 bits per heavy atom. The largest absolute Gasteiger partial charge is 0.483 e.